The van der Waals surface area contributed by atoms with Gasteiger partial charge in [-0.15, -0.1) is 0 Å². The van der Waals surface area contributed by atoms with Gasteiger partial charge in [0.25, 0.3) is 5.91 Å². The van der Waals surface area contributed by atoms with Gasteiger partial charge in [-0.2, -0.15) is 13.2 Å². The first kappa shape index (κ1) is 17.4. The molecular weight excluding hydrogens is 288 g/mol. The highest BCUT2D eigenvalue weighted by Crippen LogP contribution is 2.30. The number of hydrogen-bond acceptors (Lipinski definition) is 2. The van der Waals surface area contributed by atoms with Crippen molar-refractivity contribution in [2.75, 3.05) is 13.1 Å². The monoisotopic (exact) mass is 306 g/mol. The molecule has 7 heteroatoms. The van der Waals surface area contributed by atoms with Gasteiger partial charge in [-0.25, -0.2) is 4.39 Å². The molecule has 0 bridgehead atoms. The van der Waals surface area contributed by atoms with Crippen LogP contribution in [0, 0.1) is 11.7 Å². The number of carbonyl (C=O) groups is 1. The Morgan fingerprint density at radius 1 is 1.38 bits per heavy atom. The summed E-state index contributed by atoms with van der Waals surface area (Å²) in [5.41, 5.74) is 3.76. The smallest absolute Gasteiger partial charge is 0.352 e. The largest absolute Gasteiger partial charge is 0.416 e. The number of amides is 1. The Bertz CT molecular complexity index is 488. The average Bonchev–Trinajstić information content (AvgIpc) is 2.42. The molecule has 0 aliphatic carbocycles. The van der Waals surface area contributed by atoms with Crippen LogP contribution in [0.1, 0.15) is 35.7 Å². The lowest BCUT2D eigenvalue weighted by Crippen LogP contribution is -2.31. The summed E-state index contributed by atoms with van der Waals surface area (Å²) in [6, 6.07) is 1.78. The van der Waals surface area contributed by atoms with E-state index >= 15 is 0 Å². The number of halogens is 4. The van der Waals surface area contributed by atoms with Crippen molar-refractivity contribution in [1.82, 2.24) is 5.32 Å². The number of nitrogens with one attached hydrogen (secondary N) is 1. The first-order valence-electron chi connectivity index (χ1n) is 6.64. The van der Waals surface area contributed by atoms with Gasteiger partial charge in [0.15, 0.2) is 0 Å². The Balaban J connectivity index is 2.82. The van der Waals surface area contributed by atoms with Crippen LogP contribution in [0.5, 0.6) is 0 Å². The summed E-state index contributed by atoms with van der Waals surface area (Å²) < 4.78 is 51.2. The van der Waals surface area contributed by atoms with E-state index in [4.69, 9.17) is 5.73 Å². The van der Waals surface area contributed by atoms with Gasteiger partial charge in [0.2, 0.25) is 0 Å². The van der Waals surface area contributed by atoms with Crippen molar-refractivity contribution < 1.29 is 22.4 Å². The molecule has 21 heavy (non-hydrogen) atoms. The zero-order chi connectivity index (χ0) is 16.0. The molecule has 3 nitrogen and oxygen atoms in total. The molecular formula is C14H18F4N2O. The van der Waals surface area contributed by atoms with Gasteiger partial charge in [0.1, 0.15) is 5.82 Å². The number of alkyl halides is 3. The Morgan fingerprint density at radius 3 is 2.57 bits per heavy atom. The lowest BCUT2D eigenvalue weighted by molar-refractivity contribution is -0.137. The predicted molar refractivity (Wildman–Crippen MR) is 71.2 cm³/mol. The van der Waals surface area contributed by atoms with Crippen LogP contribution in [-0.4, -0.2) is 19.0 Å². The number of nitrogens with two attached hydrogens (primary N) is 1. The van der Waals surface area contributed by atoms with E-state index in [0.717, 1.165) is 6.42 Å². The first-order chi connectivity index (χ1) is 9.79. The minimum Gasteiger partial charge on any atom is -0.352 e. The highest BCUT2D eigenvalue weighted by molar-refractivity contribution is 5.94. The van der Waals surface area contributed by atoms with Gasteiger partial charge in [0, 0.05) is 6.54 Å². The number of benzene rings is 1. The molecule has 3 N–H and O–H groups in total. The van der Waals surface area contributed by atoms with E-state index in [1.54, 1.807) is 0 Å². The van der Waals surface area contributed by atoms with Crippen LogP contribution in [0.25, 0.3) is 0 Å². The van der Waals surface area contributed by atoms with Gasteiger partial charge in [-0.3, -0.25) is 4.79 Å². The molecule has 1 rings (SSSR count). The maximum Gasteiger partial charge on any atom is 0.416 e. The summed E-state index contributed by atoms with van der Waals surface area (Å²) in [6.07, 6.45) is -3.17. The fourth-order valence-corrected chi connectivity index (χ4v) is 1.89. The van der Waals surface area contributed by atoms with Crippen LogP contribution in [-0.2, 0) is 6.18 Å². The van der Waals surface area contributed by atoms with Crippen molar-refractivity contribution in [2.45, 2.75) is 25.9 Å². The maximum absolute atomic E-state index is 13.5. The van der Waals surface area contributed by atoms with E-state index in [9.17, 15) is 22.4 Å². The van der Waals surface area contributed by atoms with Crippen molar-refractivity contribution in [3.8, 4) is 0 Å². The van der Waals surface area contributed by atoms with Crippen LogP contribution < -0.4 is 11.1 Å². The molecule has 0 spiro atoms. The molecule has 0 aromatic heterocycles. The predicted octanol–water partition coefficient (Wildman–Crippen LogP) is 2.95. The highest BCUT2D eigenvalue weighted by Gasteiger charge is 2.31. The van der Waals surface area contributed by atoms with Crippen LogP contribution in [0.2, 0.25) is 0 Å². The quantitative estimate of drug-likeness (QED) is 0.794. The molecule has 1 aromatic carbocycles. The van der Waals surface area contributed by atoms with E-state index < -0.39 is 29.0 Å². The number of rotatable bonds is 6. The summed E-state index contributed by atoms with van der Waals surface area (Å²) in [4.78, 5) is 11.8. The normalized spacial score (nSPS) is 13.0. The lowest BCUT2D eigenvalue weighted by atomic mass is 10.0. The number of hydrogen-bond donors (Lipinski definition) is 2. The molecule has 118 valence electrons. The molecule has 0 saturated heterocycles. The van der Waals surface area contributed by atoms with Gasteiger partial charge in [-0.05, 0) is 37.1 Å². The fourth-order valence-electron chi connectivity index (χ4n) is 1.89. The molecule has 1 unspecified atom stereocenters. The van der Waals surface area contributed by atoms with Gasteiger partial charge < -0.3 is 11.1 Å². The Morgan fingerprint density at radius 2 is 2.05 bits per heavy atom. The Kier molecular flexibility index (Phi) is 6.14. The minimum absolute atomic E-state index is 0.118. The van der Waals surface area contributed by atoms with E-state index in [2.05, 4.69) is 5.32 Å². The summed E-state index contributed by atoms with van der Waals surface area (Å²) in [7, 11) is 0. The second-order valence-corrected chi connectivity index (χ2v) is 4.75. The second-order valence-electron chi connectivity index (χ2n) is 4.75. The topological polar surface area (TPSA) is 55.1 Å². The summed E-state index contributed by atoms with van der Waals surface area (Å²) in [6.45, 7) is 2.62. The molecule has 1 aromatic rings. The van der Waals surface area contributed by atoms with E-state index in [0.29, 0.717) is 31.2 Å². The van der Waals surface area contributed by atoms with Gasteiger partial charge >= 0.3 is 6.18 Å². The van der Waals surface area contributed by atoms with Crippen molar-refractivity contribution in [1.29, 1.82) is 0 Å². The molecule has 1 atom stereocenters. The second kappa shape index (κ2) is 7.40. The van der Waals surface area contributed by atoms with Crippen molar-refractivity contribution >= 4 is 5.91 Å². The fraction of sp³-hybridized carbons (Fsp3) is 0.500. The SMILES string of the molecule is CCC(CCN)CNC(=O)c1cc(C(F)(F)F)ccc1F. The zero-order valence-corrected chi connectivity index (χ0v) is 11.6. The molecule has 0 fully saturated rings. The van der Waals surface area contributed by atoms with Crippen LogP contribution in [0.4, 0.5) is 17.6 Å². The molecule has 0 radical (unpaired) electrons. The highest BCUT2D eigenvalue weighted by atomic mass is 19.4. The van der Waals surface area contributed by atoms with Crippen molar-refractivity contribution in [3.63, 3.8) is 0 Å². The van der Waals surface area contributed by atoms with Crippen LogP contribution in [0.3, 0.4) is 0 Å². The van der Waals surface area contributed by atoms with Crippen molar-refractivity contribution in [3.05, 3.63) is 35.1 Å². The van der Waals surface area contributed by atoms with Crippen LogP contribution >= 0.6 is 0 Å². The van der Waals surface area contributed by atoms with Gasteiger partial charge in [0.05, 0.1) is 11.1 Å². The molecule has 0 heterocycles. The third-order valence-electron chi connectivity index (χ3n) is 3.24. The van der Waals surface area contributed by atoms with Crippen LogP contribution in [0.15, 0.2) is 18.2 Å². The minimum atomic E-state index is -4.62. The summed E-state index contributed by atoms with van der Waals surface area (Å²) in [5.74, 6) is -1.71. The molecule has 1 amide bonds. The number of carbonyl (C=O) groups excluding carboxylic acids is 1. The van der Waals surface area contributed by atoms with E-state index in [1.165, 1.54) is 0 Å². The van der Waals surface area contributed by atoms with E-state index in [1.807, 2.05) is 6.92 Å². The first-order valence-corrected chi connectivity index (χ1v) is 6.64. The standard InChI is InChI=1S/C14H18F4N2O/c1-2-9(5-6-19)8-20-13(21)11-7-10(14(16,17)18)3-4-12(11)15/h3-4,7,9H,2,5-6,8,19H2,1H3,(H,20,21). The third-order valence-corrected chi connectivity index (χ3v) is 3.24. The van der Waals surface area contributed by atoms with E-state index in [-0.39, 0.29) is 12.5 Å². The Labute approximate surface area is 120 Å². The summed E-state index contributed by atoms with van der Waals surface area (Å²) in [5, 5.41) is 2.45. The lowest BCUT2D eigenvalue weighted by Gasteiger charge is -2.15. The molecule has 0 aliphatic rings. The Hall–Kier alpha value is -1.63. The van der Waals surface area contributed by atoms with Crippen molar-refractivity contribution in [2.24, 2.45) is 11.7 Å². The zero-order valence-electron chi connectivity index (χ0n) is 11.6. The van der Waals surface area contributed by atoms with Gasteiger partial charge in [-0.1, -0.05) is 13.3 Å². The summed E-state index contributed by atoms with van der Waals surface area (Å²) >= 11 is 0. The molecule has 0 aliphatic heterocycles. The molecule has 0 saturated carbocycles. The average molecular weight is 306 g/mol. The maximum atomic E-state index is 13.5. The third kappa shape index (κ3) is 5.00.